The van der Waals surface area contributed by atoms with Crippen molar-refractivity contribution in [2.24, 2.45) is 0 Å². The van der Waals surface area contributed by atoms with Crippen LogP contribution in [0.5, 0.6) is 0 Å². The van der Waals surface area contributed by atoms with Gasteiger partial charge in [-0.3, -0.25) is 4.79 Å². The lowest BCUT2D eigenvalue weighted by atomic mass is 9.97. The number of para-hydroxylation sites is 2. The topological polar surface area (TPSA) is 64.8 Å². The van der Waals surface area contributed by atoms with Gasteiger partial charge in [0, 0.05) is 13.1 Å². The average molecular weight is 316 g/mol. The summed E-state index contributed by atoms with van der Waals surface area (Å²) in [6.07, 6.45) is 1.47. The molecule has 0 radical (unpaired) electrons. The Morgan fingerprint density at radius 3 is 3.00 bits per heavy atom. The van der Waals surface area contributed by atoms with Crippen LogP contribution in [0.3, 0.4) is 0 Å². The lowest BCUT2D eigenvalue weighted by Crippen LogP contribution is -2.48. The van der Waals surface area contributed by atoms with Crippen LogP contribution in [0, 0.1) is 0 Å². The van der Waals surface area contributed by atoms with Gasteiger partial charge in [0.25, 0.3) is 5.91 Å². The summed E-state index contributed by atoms with van der Waals surface area (Å²) in [6.45, 7) is 2.79. The van der Waals surface area contributed by atoms with Crippen molar-refractivity contribution in [3.63, 3.8) is 0 Å². The van der Waals surface area contributed by atoms with E-state index in [1.807, 2.05) is 29.2 Å². The number of carbonyl (C=O) groups is 1. The molecule has 3 heterocycles. The van der Waals surface area contributed by atoms with Crippen LogP contribution in [0.15, 0.2) is 28.7 Å². The molecule has 2 aliphatic heterocycles. The molecule has 2 fully saturated rings. The maximum atomic E-state index is 12.6. The highest BCUT2D eigenvalue weighted by Gasteiger charge is 2.33. The van der Waals surface area contributed by atoms with E-state index in [9.17, 15) is 4.79 Å². The van der Waals surface area contributed by atoms with Gasteiger partial charge in [0.05, 0.1) is 25.7 Å². The highest BCUT2D eigenvalue weighted by Crippen LogP contribution is 2.29. The number of piperidine rings is 1. The van der Waals surface area contributed by atoms with Crippen molar-refractivity contribution < 1.29 is 18.7 Å². The minimum atomic E-state index is -0.467. The molecule has 0 bridgehead atoms. The van der Waals surface area contributed by atoms with Crippen molar-refractivity contribution in [1.29, 1.82) is 0 Å². The van der Waals surface area contributed by atoms with Gasteiger partial charge in [-0.1, -0.05) is 12.1 Å². The number of oxazole rings is 1. The average Bonchev–Trinajstić information content (AvgIpc) is 3.06. The molecule has 1 aromatic heterocycles. The van der Waals surface area contributed by atoms with E-state index in [4.69, 9.17) is 13.9 Å². The standard InChI is InChI=1S/C17H20N2O4/c20-17(15-11-21-8-9-22-15)19-7-3-4-12(10-19)16-18-13-5-1-2-6-14(13)23-16/h1-2,5-6,12,15H,3-4,7-11H2/t12-,15+/m0/s1. The zero-order valence-corrected chi connectivity index (χ0v) is 12.9. The molecule has 2 atom stereocenters. The van der Waals surface area contributed by atoms with Gasteiger partial charge in [-0.25, -0.2) is 4.98 Å². The first-order valence-electron chi connectivity index (χ1n) is 8.15. The number of fused-ring (bicyclic) bond motifs is 1. The lowest BCUT2D eigenvalue weighted by molar-refractivity contribution is -0.159. The van der Waals surface area contributed by atoms with Crippen LogP contribution >= 0.6 is 0 Å². The van der Waals surface area contributed by atoms with E-state index < -0.39 is 6.10 Å². The highest BCUT2D eigenvalue weighted by atomic mass is 16.6. The molecule has 2 aromatic rings. The van der Waals surface area contributed by atoms with Crippen LogP contribution in [0.1, 0.15) is 24.7 Å². The summed E-state index contributed by atoms with van der Waals surface area (Å²) in [7, 11) is 0. The fraction of sp³-hybridized carbons (Fsp3) is 0.529. The van der Waals surface area contributed by atoms with Gasteiger partial charge in [-0.2, -0.15) is 0 Å². The van der Waals surface area contributed by atoms with Crippen LogP contribution < -0.4 is 0 Å². The number of ether oxygens (including phenoxy) is 2. The third-order valence-corrected chi connectivity index (χ3v) is 4.48. The van der Waals surface area contributed by atoms with Crippen LogP contribution in [0.25, 0.3) is 11.1 Å². The normalized spacial score (nSPS) is 25.7. The van der Waals surface area contributed by atoms with Crippen molar-refractivity contribution in [3.05, 3.63) is 30.2 Å². The number of nitrogens with zero attached hydrogens (tertiary/aromatic N) is 2. The molecular weight excluding hydrogens is 296 g/mol. The van der Waals surface area contributed by atoms with Crippen molar-refractivity contribution in [1.82, 2.24) is 9.88 Å². The number of aromatic nitrogens is 1. The lowest BCUT2D eigenvalue weighted by Gasteiger charge is -2.34. The molecule has 1 aromatic carbocycles. The molecular formula is C17H20N2O4. The Kier molecular flexibility index (Phi) is 4.01. The number of hydrogen-bond acceptors (Lipinski definition) is 5. The number of likely N-dealkylation sites (tertiary alicyclic amines) is 1. The number of carbonyl (C=O) groups excluding carboxylic acids is 1. The van der Waals surface area contributed by atoms with Gasteiger partial charge >= 0.3 is 0 Å². The Morgan fingerprint density at radius 2 is 2.17 bits per heavy atom. The predicted octanol–water partition coefficient (Wildman–Crippen LogP) is 1.95. The highest BCUT2D eigenvalue weighted by molar-refractivity contribution is 5.81. The van der Waals surface area contributed by atoms with Gasteiger partial charge in [0.1, 0.15) is 5.52 Å². The Balaban J connectivity index is 1.48. The Hall–Kier alpha value is -1.92. The SMILES string of the molecule is O=C([C@H]1COCCO1)N1CCC[C@H](c2nc3ccccc3o2)C1. The molecule has 23 heavy (non-hydrogen) atoms. The van der Waals surface area contributed by atoms with Gasteiger partial charge in [-0.15, -0.1) is 0 Å². The van der Waals surface area contributed by atoms with E-state index in [2.05, 4.69) is 4.98 Å². The molecule has 0 N–H and O–H groups in total. The summed E-state index contributed by atoms with van der Waals surface area (Å²) >= 11 is 0. The molecule has 6 heteroatoms. The number of amides is 1. The Bertz CT molecular complexity index is 660. The summed E-state index contributed by atoms with van der Waals surface area (Å²) in [4.78, 5) is 19.0. The van der Waals surface area contributed by atoms with E-state index in [0.717, 1.165) is 36.4 Å². The quantitative estimate of drug-likeness (QED) is 0.847. The van der Waals surface area contributed by atoms with E-state index in [1.54, 1.807) is 0 Å². The van der Waals surface area contributed by atoms with Gasteiger partial charge in [0.2, 0.25) is 0 Å². The molecule has 6 nitrogen and oxygen atoms in total. The van der Waals surface area contributed by atoms with Crippen LogP contribution in [0.4, 0.5) is 0 Å². The van der Waals surface area contributed by atoms with Gasteiger partial charge in [0.15, 0.2) is 17.6 Å². The second kappa shape index (κ2) is 6.29. The zero-order valence-electron chi connectivity index (χ0n) is 12.9. The van der Waals surface area contributed by atoms with Crippen LogP contribution in [0.2, 0.25) is 0 Å². The number of benzene rings is 1. The molecule has 1 amide bonds. The molecule has 122 valence electrons. The molecule has 0 saturated carbocycles. The minimum absolute atomic E-state index is 0.0190. The van der Waals surface area contributed by atoms with E-state index >= 15 is 0 Å². The third-order valence-electron chi connectivity index (χ3n) is 4.48. The third kappa shape index (κ3) is 2.96. The van der Waals surface area contributed by atoms with Gasteiger partial charge in [-0.05, 0) is 25.0 Å². The van der Waals surface area contributed by atoms with Crippen LogP contribution in [-0.2, 0) is 14.3 Å². The van der Waals surface area contributed by atoms with Crippen molar-refractivity contribution in [2.45, 2.75) is 24.9 Å². The first kappa shape index (κ1) is 14.7. The van der Waals surface area contributed by atoms with Crippen LogP contribution in [-0.4, -0.2) is 54.8 Å². The minimum Gasteiger partial charge on any atom is -0.440 e. The monoisotopic (exact) mass is 316 g/mol. The second-order valence-corrected chi connectivity index (χ2v) is 6.08. The predicted molar refractivity (Wildman–Crippen MR) is 83.1 cm³/mol. The van der Waals surface area contributed by atoms with E-state index in [0.29, 0.717) is 26.4 Å². The first-order valence-corrected chi connectivity index (χ1v) is 8.15. The number of rotatable bonds is 2. The summed E-state index contributed by atoms with van der Waals surface area (Å²) < 4.78 is 16.7. The first-order chi connectivity index (χ1) is 11.3. The van der Waals surface area contributed by atoms with E-state index in [-0.39, 0.29) is 11.8 Å². The van der Waals surface area contributed by atoms with Crippen molar-refractivity contribution in [3.8, 4) is 0 Å². The molecule has 0 aliphatic carbocycles. The maximum absolute atomic E-state index is 12.6. The molecule has 2 saturated heterocycles. The largest absolute Gasteiger partial charge is 0.440 e. The number of hydrogen-bond donors (Lipinski definition) is 0. The fourth-order valence-electron chi connectivity index (χ4n) is 3.28. The molecule has 0 unspecified atom stereocenters. The summed E-state index contributed by atoms with van der Waals surface area (Å²) in [5, 5.41) is 0. The molecule has 0 spiro atoms. The summed E-state index contributed by atoms with van der Waals surface area (Å²) in [6, 6.07) is 7.76. The Labute approximate surface area is 134 Å². The van der Waals surface area contributed by atoms with Gasteiger partial charge < -0.3 is 18.8 Å². The van der Waals surface area contributed by atoms with Crippen molar-refractivity contribution >= 4 is 17.0 Å². The molecule has 4 rings (SSSR count). The Morgan fingerprint density at radius 1 is 1.26 bits per heavy atom. The van der Waals surface area contributed by atoms with Crippen molar-refractivity contribution in [2.75, 3.05) is 32.9 Å². The summed E-state index contributed by atoms with van der Waals surface area (Å²) in [5.74, 6) is 0.889. The molecule has 2 aliphatic rings. The summed E-state index contributed by atoms with van der Waals surface area (Å²) in [5.41, 5.74) is 1.67. The fourth-order valence-corrected chi connectivity index (χ4v) is 3.28. The van der Waals surface area contributed by atoms with E-state index in [1.165, 1.54) is 0 Å². The maximum Gasteiger partial charge on any atom is 0.254 e. The second-order valence-electron chi connectivity index (χ2n) is 6.08. The smallest absolute Gasteiger partial charge is 0.254 e. The zero-order chi connectivity index (χ0) is 15.6.